The van der Waals surface area contributed by atoms with Gasteiger partial charge in [-0.25, -0.2) is 9.97 Å². The van der Waals surface area contributed by atoms with Crippen LogP contribution >= 0.6 is 0 Å². The van der Waals surface area contributed by atoms with Crippen LogP contribution in [0, 0.1) is 23.2 Å². The fourth-order valence-corrected chi connectivity index (χ4v) is 0.503. The van der Waals surface area contributed by atoms with Gasteiger partial charge < -0.3 is 5.73 Å². The summed E-state index contributed by atoms with van der Waals surface area (Å²) in [5.41, 5.74) is 5.80. The maximum Gasteiger partial charge on any atom is 0.219 e. The van der Waals surface area contributed by atoms with Crippen molar-refractivity contribution in [2.24, 2.45) is 0 Å². The van der Waals surface area contributed by atoms with Gasteiger partial charge in [-0.1, -0.05) is 0 Å². The Morgan fingerprint density at radius 3 is 2.55 bits per heavy atom. The Bertz CT molecular complexity index is 335. The number of aromatic nitrogens is 2. The maximum absolute atomic E-state index is 8.09. The van der Waals surface area contributed by atoms with Gasteiger partial charge in [0.15, 0.2) is 6.07 Å². The maximum atomic E-state index is 8.09. The van der Waals surface area contributed by atoms with Crippen LogP contribution in [0.2, 0.25) is 0 Å². The molecule has 11 heavy (non-hydrogen) atoms. The zero-order valence-corrected chi connectivity index (χ0v) is 5.57. The second kappa shape index (κ2) is 3.19. The van der Waals surface area contributed by atoms with Crippen LogP contribution in [-0.2, 0) is 0 Å². The van der Waals surface area contributed by atoms with Crippen molar-refractivity contribution < 1.29 is 0 Å². The summed E-state index contributed by atoms with van der Waals surface area (Å²) in [5, 5.41) is 8.09. The van der Waals surface area contributed by atoms with Crippen molar-refractivity contribution in [3.05, 3.63) is 18.0 Å². The van der Waals surface area contributed by atoms with Crippen LogP contribution in [0.1, 0.15) is 5.56 Å². The molecular weight excluding hydrogens is 140 g/mol. The monoisotopic (exact) mass is 144 g/mol. The minimum absolute atomic E-state index is 0.201. The van der Waals surface area contributed by atoms with Gasteiger partial charge >= 0.3 is 0 Å². The van der Waals surface area contributed by atoms with Crippen LogP contribution in [0.5, 0.6) is 0 Å². The normalized spacial score (nSPS) is 7.55. The molecule has 1 aromatic rings. The Kier molecular flexibility index (Phi) is 2.04. The third-order valence-electron chi connectivity index (χ3n) is 0.935. The Morgan fingerprint density at radius 2 is 2.00 bits per heavy atom. The second-order valence-electron chi connectivity index (χ2n) is 1.69. The molecule has 0 aliphatic rings. The summed E-state index contributed by atoms with van der Waals surface area (Å²) >= 11 is 0. The number of rotatable bonds is 0. The summed E-state index contributed by atoms with van der Waals surface area (Å²) in [7, 11) is 0. The van der Waals surface area contributed by atoms with Crippen LogP contribution in [0.15, 0.2) is 12.4 Å². The highest BCUT2D eigenvalue weighted by Gasteiger charge is 1.87. The van der Waals surface area contributed by atoms with E-state index in [0.29, 0.717) is 5.56 Å². The predicted octanol–water partition coefficient (Wildman–Crippen LogP) is -0.0661. The third kappa shape index (κ3) is 1.96. The van der Waals surface area contributed by atoms with Gasteiger partial charge in [0.2, 0.25) is 5.95 Å². The van der Waals surface area contributed by atoms with Gasteiger partial charge in [-0.2, -0.15) is 5.26 Å². The van der Waals surface area contributed by atoms with E-state index >= 15 is 0 Å². The molecule has 1 aromatic heterocycles. The Hall–Kier alpha value is -2.07. The summed E-state index contributed by atoms with van der Waals surface area (Å²) in [4.78, 5) is 7.37. The van der Waals surface area contributed by atoms with Gasteiger partial charge in [0.1, 0.15) is 0 Å². The standard InChI is InChI=1S/C7H4N4/c8-3-1-2-6-4-10-7(9)11-5-6/h4-5H,(H2,9,10,11). The van der Waals surface area contributed by atoms with E-state index in [2.05, 4.69) is 21.8 Å². The average molecular weight is 144 g/mol. The molecule has 52 valence electrons. The highest BCUT2D eigenvalue weighted by atomic mass is 15.0. The van der Waals surface area contributed by atoms with E-state index in [1.807, 2.05) is 0 Å². The molecule has 0 unspecified atom stereocenters. The van der Waals surface area contributed by atoms with Crippen molar-refractivity contribution in [2.45, 2.75) is 0 Å². The van der Waals surface area contributed by atoms with Gasteiger partial charge in [0, 0.05) is 18.3 Å². The number of anilines is 1. The lowest BCUT2D eigenvalue weighted by Gasteiger charge is -1.88. The molecule has 0 spiro atoms. The molecule has 0 saturated carbocycles. The molecule has 4 heteroatoms. The zero-order chi connectivity index (χ0) is 8.10. The molecule has 0 amide bonds. The molecule has 4 nitrogen and oxygen atoms in total. The molecule has 0 aliphatic heterocycles. The van der Waals surface area contributed by atoms with E-state index in [1.54, 1.807) is 6.07 Å². The average Bonchev–Trinajstić information content (AvgIpc) is 2.04. The van der Waals surface area contributed by atoms with Gasteiger partial charge in [0.25, 0.3) is 0 Å². The van der Waals surface area contributed by atoms with Gasteiger partial charge in [0.05, 0.1) is 5.56 Å². The summed E-state index contributed by atoms with van der Waals surface area (Å²) in [5.74, 6) is 4.95. The lowest BCUT2D eigenvalue weighted by atomic mass is 10.3. The van der Waals surface area contributed by atoms with Crippen LogP contribution in [-0.4, -0.2) is 9.97 Å². The second-order valence-corrected chi connectivity index (χ2v) is 1.69. The summed E-state index contributed by atoms with van der Waals surface area (Å²) < 4.78 is 0. The highest BCUT2D eigenvalue weighted by Crippen LogP contribution is 1.92. The minimum atomic E-state index is 0.201. The van der Waals surface area contributed by atoms with Crippen molar-refractivity contribution in [2.75, 3.05) is 5.73 Å². The van der Waals surface area contributed by atoms with Crippen molar-refractivity contribution in [3.63, 3.8) is 0 Å². The number of hydrogen-bond donors (Lipinski definition) is 1. The van der Waals surface area contributed by atoms with E-state index in [-0.39, 0.29) is 5.95 Å². The van der Waals surface area contributed by atoms with Crippen LogP contribution in [0.25, 0.3) is 0 Å². The Labute approximate surface area is 63.7 Å². The number of nitrogen functional groups attached to an aromatic ring is 1. The lowest BCUT2D eigenvalue weighted by Crippen LogP contribution is -1.93. The van der Waals surface area contributed by atoms with Crippen molar-refractivity contribution in [3.8, 4) is 17.9 Å². The first-order chi connectivity index (χ1) is 5.33. The molecule has 0 bridgehead atoms. The summed E-state index contributed by atoms with van der Waals surface area (Å²) in [6.07, 6.45) is 2.93. The molecule has 2 N–H and O–H groups in total. The molecule has 0 radical (unpaired) electrons. The van der Waals surface area contributed by atoms with Crippen molar-refractivity contribution >= 4 is 5.95 Å². The topological polar surface area (TPSA) is 75.6 Å². The first-order valence-electron chi connectivity index (χ1n) is 2.80. The molecular formula is C7H4N4. The smallest absolute Gasteiger partial charge is 0.219 e. The quantitative estimate of drug-likeness (QED) is 0.517. The van der Waals surface area contributed by atoms with Crippen molar-refractivity contribution in [1.29, 1.82) is 5.26 Å². The Morgan fingerprint density at radius 1 is 1.36 bits per heavy atom. The van der Waals surface area contributed by atoms with E-state index in [9.17, 15) is 0 Å². The predicted molar refractivity (Wildman–Crippen MR) is 38.9 cm³/mol. The van der Waals surface area contributed by atoms with Gasteiger partial charge in [-0.15, -0.1) is 0 Å². The molecule has 1 heterocycles. The SMILES string of the molecule is N#CC#Cc1cnc(N)nc1. The first-order valence-corrected chi connectivity index (χ1v) is 2.80. The highest BCUT2D eigenvalue weighted by molar-refractivity contribution is 5.35. The molecule has 0 aromatic carbocycles. The number of nitrogens with zero attached hydrogens (tertiary/aromatic N) is 3. The molecule has 0 atom stereocenters. The summed E-state index contributed by atoms with van der Waals surface area (Å²) in [6.45, 7) is 0. The van der Waals surface area contributed by atoms with Crippen LogP contribution in [0.3, 0.4) is 0 Å². The summed E-state index contributed by atoms with van der Waals surface area (Å²) in [6, 6.07) is 1.68. The molecule has 1 rings (SSSR count). The molecule has 0 aliphatic carbocycles. The first kappa shape index (κ1) is 7.04. The van der Waals surface area contributed by atoms with Gasteiger partial charge in [-0.3, -0.25) is 0 Å². The lowest BCUT2D eigenvalue weighted by molar-refractivity contribution is 1.17. The van der Waals surface area contributed by atoms with Gasteiger partial charge in [-0.05, 0) is 5.92 Å². The van der Waals surface area contributed by atoms with Crippen molar-refractivity contribution in [1.82, 2.24) is 9.97 Å². The fraction of sp³-hybridized carbons (Fsp3) is 0. The third-order valence-corrected chi connectivity index (χ3v) is 0.935. The van der Waals surface area contributed by atoms with Crippen LogP contribution in [0.4, 0.5) is 5.95 Å². The minimum Gasteiger partial charge on any atom is -0.368 e. The largest absolute Gasteiger partial charge is 0.368 e. The van der Waals surface area contributed by atoms with E-state index in [1.165, 1.54) is 12.4 Å². The Balaban J connectivity index is 2.93. The molecule has 0 saturated heterocycles. The van der Waals surface area contributed by atoms with E-state index in [0.717, 1.165) is 0 Å². The number of nitrogens with two attached hydrogens (primary N) is 1. The van der Waals surface area contributed by atoms with E-state index in [4.69, 9.17) is 11.0 Å². The molecule has 0 fully saturated rings. The van der Waals surface area contributed by atoms with E-state index < -0.39 is 0 Å². The number of hydrogen-bond acceptors (Lipinski definition) is 4. The number of nitriles is 1. The van der Waals surface area contributed by atoms with Crippen LogP contribution < -0.4 is 5.73 Å². The zero-order valence-electron chi connectivity index (χ0n) is 5.57. The fourth-order valence-electron chi connectivity index (χ4n) is 0.503.